The zero-order valence-corrected chi connectivity index (χ0v) is 12.5. The maximum Gasteiger partial charge on any atom is 0.252 e. The van der Waals surface area contributed by atoms with E-state index in [9.17, 15) is 14.4 Å². The molecule has 0 heterocycles. The van der Waals surface area contributed by atoms with Gasteiger partial charge in [-0.25, -0.2) is 0 Å². The van der Waals surface area contributed by atoms with Crippen LogP contribution in [-0.4, -0.2) is 23.8 Å². The molecule has 0 aromatic heterocycles. The third-order valence-corrected chi connectivity index (χ3v) is 3.25. The van der Waals surface area contributed by atoms with Gasteiger partial charge in [0, 0.05) is 18.2 Å². The Hall–Kier alpha value is -2.37. The van der Waals surface area contributed by atoms with Crippen LogP contribution in [0.25, 0.3) is 0 Å². The molecule has 6 nitrogen and oxygen atoms in total. The highest BCUT2D eigenvalue weighted by Crippen LogP contribution is 2.12. The topological polar surface area (TPSA) is 101 Å². The van der Waals surface area contributed by atoms with Crippen LogP contribution < -0.4 is 16.4 Å². The van der Waals surface area contributed by atoms with Crippen molar-refractivity contribution in [3.8, 4) is 0 Å². The second-order valence-corrected chi connectivity index (χ2v) is 5.00. The number of carbonyl (C=O) groups is 3. The normalized spacial score (nSPS) is 13.1. The van der Waals surface area contributed by atoms with Crippen LogP contribution in [0.1, 0.15) is 37.6 Å². The highest BCUT2D eigenvalue weighted by atomic mass is 16.2. The first-order chi connectivity index (χ1) is 9.85. The molecule has 0 spiro atoms. The summed E-state index contributed by atoms with van der Waals surface area (Å²) in [6, 6.07) is 5.77. The van der Waals surface area contributed by atoms with Gasteiger partial charge in [-0.3, -0.25) is 14.4 Å². The van der Waals surface area contributed by atoms with Crippen LogP contribution in [0.2, 0.25) is 0 Å². The quantitative estimate of drug-likeness (QED) is 0.735. The zero-order valence-electron chi connectivity index (χ0n) is 12.5. The van der Waals surface area contributed by atoms with Gasteiger partial charge in [-0.05, 0) is 24.1 Å². The van der Waals surface area contributed by atoms with Crippen LogP contribution in [0.5, 0.6) is 0 Å². The van der Waals surface area contributed by atoms with Gasteiger partial charge in [0.25, 0.3) is 5.91 Å². The lowest BCUT2D eigenvalue weighted by Gasteiger charge is -2.21. The third-order valence-electron chi connectivity index (χ3n) is 3.25. The molecule has 3 amide bonds. The SMILES string of the molecule is CC[C@H](C)[C@H](NC(=O)c1cccc(NC(C)=O)c1)C(N)=O. The fourth-order valence-corrected chi connectivity index (χ4v) is 1.90. The smallest absolute Gasteiger partial charge is 0.252 e. The number of anilines is 1. The largest absolute Gasteiger partial charge is 0.368 e. The molecule has 6 heteroatoms. The van der Waals surface area contributed by atoms with Crippen LogP contribution in [-0.2, 0) is 9.59 Å². The van der Waals surface area contributed by atoms with Crippen LogP contribution in [0.4, 0.5) is 5.69 Å². The van der Waals surface area contributed by atoms with Crippen LogP contribution in [0.15, 0.2) is 24.3 Å². The molecule has 0 unspecified atom stereocenters. The van der Waals surface area contributed by atoms with Gasteiger partial charge < -0.3 is 16.4 Å². The summed E-state index contributed by atoms with van der Waals surface area (Å²) in [6.45, 7) is 5.16. The van der Waals surface area contributed by atoms with Gasteiger partial charge in [0.15, 0.2) is 0 Å². The van der Waals surface area contributed by atoms with Crippen molar-refractivity contribution in [3.05, 3.63) is 29.8 Å². The summed E-state index contributed by atoms with van der Waals surface area (Å²) >= 11 is 0. The summed E-state index contributed by atoms with van der Waals surface area (Å²) in [5.41, 5.74) is 6.20. The molecule has 0 aliphatic heterocycles. The monoisotopic (exact) mass is 291 g/mol. The molecule has 0 saturated heterocycles. The first-order valence-corrected chi connectivity index (χ1v) is 6.83. The van der Waals surface area contributed by atoms with E-state index in [1.54, 1.807) is 24.3 Å². The van der Waals surface area contributed by atoms with E-state index in [1.165, 1.54) is 6.92 Å². The minimum Gasteiger partial charge on any atom is -0.368 e. The van der Waals surface area contributed by atoms with Gasteiger partial charge in [0.1, 0.15) is 6.04 Å². The molecule has 1 aromatic rings. The second kappa shape index (κ2) is 7.42. The van der Waals surface area contributed by atoms with E-state index < -0.39 is 17.9 Å². The van der Waals surface area contributed by atoms with Crippen molar-refractivity contribution < 1.29 is 14.4 Å². The number of hydrogen-bond donors (Lipinski definition) is 3. The van der Waals surface area contributed by atoms with Crippen molar-refractivity contribution in [1.82, 2.24) is 5.32 Å². The molecule has 2 atom stereocenters. The van der Waals surface area contributed by atoms with Crippen LogP contribution in [0.3, 0.4) is 0 Å². The summed E-state index contributed by atoms with van der Waals surface area (Å²) < 4.78 is 0. The predicted molar refractivity (Wildman–Crippen MR) is 80.6 cm³/mol. The number of benzene rings is 1. The zero-order chi connectivity index (χ0) is 16.0. The average Bonchev–Trinajstić information content (AvgIpc) is 2.42. The van der Waals surface area contributed by atoms with E-state index in [2.05, 4.69) is 10.6 Å². The lowest BCUT2D eigenvalue weighted by atomic mass is 9.98. The molecule has 0 bridgehead atoms. The van der Waals surface area contributed by atoms with Gasteiger partial charge in [-0.1, -0.05) is 26.3 Å². The molecule has 1 aromatic carbocycles. The Balaban J connectivity index is 2.87. The molecular weight excluding hydrogens is 270 g/mol. The Labute approximate surface area is 124 Å². The summed E-state index contributed by atoms with van der Waals surface area (Å²) in [7, 11) is 0. The van der Waals surface area contributed by atoms with Crippen molar-refractivity contribution in [2.75, 3.05) is 5.32 Å². The van der Waals surface area contributed by atoms with Crippen LogP contribution >= 0.6 is 0 Å². The molecule has 4 N–H and O–H groups in total. The number of nitrogens with two attached hydrogens (primary N) is 1. The van der Waals surface area contributed by atoms with E-state index >= 15 is 0 Å². The lowest BCUT2D eigenvalue weighted by molar-refractivity contribution is -0.121. The predicted octanol–water partition coefficient (Wildman–Crippen LogP) is 1.27. The van der Waals surface area contributed by atoms with Crippen molar-refractivity contribution in [3.63, 3.8) is 0 Å². The molecule has 0 radical (unpaired) electrons. The number of nitrogens with one attached hydrogen (secondary N) is 2. The van der Waals surface area contributed by atoms with Gasteiger partial charge in [0.05, 0.1) is 0 Å². The van der Waals surface area contributed by atoms with E-state index in [0.717, 1.165) is 6.42 Å². The van der Waals surface area contributed by atoms with Crippen LogP contribution in [0, 0.1) is 5.92 Å². The van der Waals surface area contributed by atoms with E-state index in [4.69, 9.17) is 5.73 Å². The standard InChI is InChI=1S/C15H21N3O3/c1-4-9(2)13(14(16)20)18-15(21)11-6-5-7-12(8-11)17-10(3)19/h5-9,13H,4H2,1-3H3,(H2,16,20)(H,17,19)(H,18,21)/t9-,13-/m0/s1. The van der Waals surface area contributed by atoms with Gasteiger partial charge >= 0.3 is 0 Å². The fraction of sp³-hybridized carbons (Fsp3) is 0.400. The molecule has 0 aliphatic rings. The minimum absolute atomic E-state index is 0.0509. The van der Waals surface area contributed by atoms with E-state index in [1.807, 2.05) is 13.8 Å². The fourth-order valence-electron chi connectivity index (χ4n) is 1.90. The summed E-state index contributed by atoms with van der Waals surface area (Å²) in [5.74, 6) is -1.23. The molecule has 0 saturated carbocycles. The number of hydrogen-bond acceptors (Lipinski definition) is 3. The minimum atomic E-state index is -0.716. The van der Waals surface area contributed by atoms with Gasteiger partial charge in [-0.15, -0.1) is 0 Å². The van der Waals surface area contributed by atoms with Crippen molar-refractivity contribution in [1.29, 1.82) is 0 Å². The number of amides is 3. The van der Waals surface area contributed by atoms with Gasteiger partial charge in [0.2, 0.25) is 11.8 Å². The molecule has 0 aliphatic carbocycles. The Morgan fingerprint density at radius 2 is 1.95 bits per heavy atom. The van der Waals surface area contributed by atoms with Crippen molar-refractivity contribution in [2.24, 2.45) is 11.7 Å². The first-order valence-electron chi connectivity index (χ1n) is 6.83. The highest BCUT2D eigenvalue weighted by molar-refractivity contribution is 5.99. The maximum atomic E-state index is 12.2. The van der Waals surface area contributed by atoms with Crippen molar-refractivity contribution >= 4 is 23.4 Å². The molecular formula is C15H21N3O3. The molecule has 21 heavy (non-hydrogen) atoms. The Morgan fingerprint density at radius 1 is 1.29 bits per heavy atom. The first kappa shape index (κ1) is 16.7. The summed E-state index contributed by atoms with van der Waals surface area (Å²) in [6.07, 6.45) is 0.722. The summed E-state index contributed by atoms with van der Waals surface area (Å²) in [4.78, 5) is 34.6. The van der Waals surface area contributed by atoms with Gasteiger partial charge in [-0.2, -0.15) is 0 Å². The lowest BCUT2D eigenvalue weighted by Crippen LogP contribution is -2.48. The molecule has 0 fully saturated rings. The highest BCUT2D eigenvalue weighted by Gasteiger charge is 2.24. The molecule has 1 rings (SSSR count). The maximum absolute atomic E-state index is 12.2. The average molecular weight is 291 g/mol. The van der Waals surface area contributed by atoms with Crippen molar-refractivity contribution in [2.45, 2.75) is 33.2 Å². The Bertz CT molecular complexity index is 543. The number of primary amides is 1. The Morgan fingerprint density at radius 3 is 2.48 bits per heavy atom. The Kier molecular flexibility index (Phi) is 5.90. The van der Waals surface area contributed by atoms with E-state index in [0.29, 0.717) is 11.3 Å². The number of carbonyl (C=O) groups excluding carboxylic acids is 3. The number of rotatable bonds is 6. The van der Waals surface area contributed by atoms with E-state index in [-0.39, 0.29) is 11.8 Å². The summed E-state index contributed by atoms with van der Waals surface area (Å²) in [5, 5.41) is 5.24. The second-order valence-electron chi connectivity index (χ2n) is 5.00. The molecule has 114 valence electrons. The third kappa shape index (κ3) is 4.91.